The number of guanidine groups is 1. The van der Waals surface area contributed by atoms with E-state index in [1.807, 2.05) is 29.3 Å². The summed E-state index contributed by atoms with van der Waals surface area (Å²) in [5, 5.41) is 7.92. The van der Waals surface area contributed by atoms with E-state index in [4.69, 9.17) is 0 Å². The van der Waals surface area contributed by atoms with Gasteiger partial charge in [-0.3, -0.25) is 9.79 Å². The minimum atomic E-state index is 0.253. The fourth-order valence-corrected chi connectivity index (χ4v) is 4.70. The first kappa shape index (κ1) is 22.3. The SMILES string of the molecule is CN=C(NCc1cnc(CC(C)C)s1)NCC1CC(=O)N(CCc2ccccc2)C1. The van der Waals surface area contributed by atoms with Crippen LogP contribution in [0.5, 0.6) is 0 Å². The molecule has 1 unspecified atom stereocenters. The Hall–Kier alpha value is -2.41. The van der Waals surface area contributed by atoms with E-state index in [-0.39, 0.29) is 5.91 Å². The summed E-state index contributed by atoms with van der Waals surface area (Å²) in [4.78, 5) is 24.4. The molecule has 1 amide bonds. The Morgan fingerprint density at radius 2 is 2.10 bits per heavy atom. The normalized spacial score (nSPS) is 17.1. The average Bonchev–Trinajstić information content (AvgIpc) is 3.32. The number of hydrogen-bond acceptors (Lipinski definition) is 4. The van der Waals surface area contributed by atoms with E-state index in [0.717, 1.165) is 38.4 Å². The van der Waals surface area contributed by atoms with Crippen molar-refractivity contribution in [3.63, 3.8) is 0 Å². The molecule has 162 valence electrons. The fourth-order valence-electron chi connectivity index (χ4n) is 3.62. The van der Waals surface area contributed by atoms with E-state index in [1.165, 1.54) is 15.4 Å². The predicted molar refractivity (Wildman–Crippen MR) is 124 cm³/mol. The minimum absolute atomic E-state index is 0.253. The molecule has 1 saturated heterocycles. The number of thiazole rings is 1. The van der Waals surface area contributed by atoms with E-state index in [9.17, 15) is 4.79 Å². The van der Waals surface area contributed by atoms with Gasteiger partial charge < -0.3 is 15.5 Å². The van der Waals surface area contributed by atoms with Gasteiger partial charge in [0.05, 0.1) is 11.6 Å². The second-order valence-corrected chi connectivity index (χ2v) is 9.47. The molecule has 0 aliphatic carbocycles. The van der Waals surface area contributed by atoms with Crippen molar-refractivity contribution in [2.24, 2.45) is 16.8 Å². The van der Waals surface area contributed by atoms with Crippen LogP contribution in [0.25, 0.3) is 0 Å². The maximum Gasteiger partial charge on any atom is 0.223 e. The lowest BCUT2D eigenvalue weighted by molar-refractivity contribution is -0.127. The van der Waals surface area contributed by atoms with Crippen LogP contribution in [0.15, 0.2) is 41.5 Å². The number of aliphatic imine (C=N–C) groups is 1. The summed E-state index contributed by atoms with van der Waals surface area (Å²) in [6.45, 7) is 7.47. The smallest absolute Gasteiger partial charge is 0.223 e. The molecule has 2 N–H and O–H groups in total. The van der Waals surface area contributed by atoms with E-state index < -0.39 is 0 Å². The number of benzene rings is 1. The lowest BCUT2D eigenvalue weighted by Crippen LogP contribution is -2.39. The number of aromatic nitrogens is 1. The van der Waals surface area contributed by atoms with Gasteiger partial charge in [0, 0.05) is 56.5 Å². The van der Waals surface area contributed by atoms with Crippen LogP contribution in [0.3, 0.4) is 0 Å². The number of rotatable bonds is 9. The molecule has 1 aliphatic rings. The zero-order valence-electron chi connectivity index (χ0n) is 18.2. The molecule has 1 atom stereocenters. The molecule has 2 heterocycles. The molecule has 6 nitrogen and oxygen atoms in total. The van der Waals surface area contributed by atoms with E-state index in [2.05, 4.69) is 46.6 Å². The standard InChI is InChI=1S/C23H33N5OS/c1-17(2)11-21-25-14-20(30-21)15-27-23(24-3)26-13-19-12-22(29)28(16-19)10-9-18-7-5-4-6-8-18/h4-8,14,17,19H,9-13,15-16H2,1-3H3,(H2,24,26,27). The molecule has 0 saturated carbocycles. The second kappa shape index (κ2) is 11.1. The summed E-state index contributed by atoms with van der Waals surface area (Å²) < 4.78 is 0. The molecule has 7 heteroatoms. The molecule has 0 radical (unpaired) electrons. The maximum atomic E-state index is 12.4. The summed E-state index contributed by atoms with van der Waals surface area (Å²) in [5.41, 5.74) is 1.27. The molecular formula is C23H33N5OS. The lowest BCUT2D eigenvalue weighted by Gasteiger charge is -2.17. The lowest BCUT2D eigenvalue weighted by atomic mass is 10.1. The number of hydrogen-bond donors (Lipinski definition) is 2. The first-order valence-electron chi connectivity index (χ1n) is 10.7. The van der Waals surface area contributed by atoms with E-state index >= 15 is 0 Å². The van der Waals surface area contributed by atoms with Gasteiger partial charge in [0.1, 0.15) is 0 Å². The topological polar surface area (TPSA) is 69.6 Å². The highest BCUT2D eigenvalue weighted by Gasteiger charge is 2.29. The Morgan fingerprint density at radius 3 is 2.83 bits per heavy atom. The van der Waals surface area contributed by atoms with Gasteiger partial charge in [0.2, 0.25) is 5.91 Å². The van der Waals surface area contributed by atoms with Crippen molar-refractivity contribution >= 4 is 23.2 Å². The third-order valence-corrected chi connectivity index (χ3v) is 6.22. The molecule has 0 bridgehead atoms. The summed E-state index contributed by atoms with van der Waals surface area (Å²) in [6, 6.07) is 10.3. The van der Waals surface area contributed by atoms with Crippen LogP contribution in [0.4, 0.5) is 0 Å². The van der Waals surface area contributed by atoms with Crippen LogP contribution < -0.4 is 10.6 Å². The number of nitrogens with zero attached hydrogens (tertiary/aromatic N) is 3. The van der Waals surface area contributed by atoms with Gasteiger partial charge in [-0.1, -0.05) is 44.2 Å². The average molecular weight is 428 g/mol. The molecule has 3 rings (SSSR count). The molecule has 0 spiro atoms. The van der Waals surface area contributed by atoms with Gasteiger partial charge in [-0.15, -0.1) is 11.3 Å². The Kier molecular flexibility index (Phi) is 8.25. The van der Waals surface area contributed by atoms with Gasteiger partial charge in [-0.2, -0.15) is 0 Å². The van der Waals surface area contributed by atoms with Crippen molar-refractivity contribution in [3.05, 3.63) is 52.0 Å². The van der Waals surface area contributed by atoms with Crippen molar-refractivity contribution in [2.75, 3.05) is 26.7 Å². The number of nitrogens with one attached hydrogen (secondary N) is 2. The molecule has 30 heavy (non-hydrogen) atoms. The van der Waals surface area contributed by atoms with Gasteiger partial charge in [-0.05, 0) is 17.9 Å². The first-order valence-corrected chi connectivity index (χ1v) is 11.5. The van der Waals surface area contributed by atoms with E-state index in [0.29, 0.717) is 24.8 Å². The van der Waals surface area contributed by atoms with Gasteiger partial charge in [0.15, 0.2) is 5.96 Å². The quantitative estimate of drug-likeness (QED) is 0.477. The highest BCUT2D eigenvalue weighted by atomic mass is 32.1. The minimum Gasteiger partial charge on any atom is -0.356 e. The zero-order chi connectivity index (χ0) is 21.3. The fraction of sp³-hybridized carbons (Fsp3) is 0.522. The molecular weight excluding hydrogens is 394 g/mol. The monoisotopic (exact) mass is 427 g/mol. The summed E-state index contributed by atoms with van der Waals surface area (Å²) in [7, 11) is 1.78. The van der Waals surface area contributed by atoms with Crippen LogP contribution in [-0.4, -0.2) is 48.4 Å². The van der Waals surface area contributed by atoms with Crippen molar-refractivity contribution in [3.8, 4) is 0 Å². The molecule has 1 aromatic carbocycles. The largest absolute Gasteiger partial charge is 0.356 e. The number of carbonyl (C=O) groups excluding carboxylic acids is 1. The highest BCUT2D eigenvalue weighted by molar-refractivity contribution is 7.11. The van der Waals surface area contributed by atoms with Crippen molar-refractivity contribution < 1.29 is 4.79 Å². The Labute approximate surface area is 183 Å². The Bertz CT molecular complexity index is 833. The van der Waals surface area contributed by atoms with Gasteiger partial charge >= 0.3 is 0 Å². The van der Waals surface area contributed by atoms with E-state index in [1.54, 1.807) is 18.4 Å². The van der Waals surface area contributed by atoms with Gasteiger partial charge in [0.25, 0.3) is 0 Å². The highest BCUT2D eigenvalue weighted by Crippen LogP contribution is 2.18. The third-order valence-electron chi connectivity index (χ3n) is 5.20. The maximum absolute atomic E-state index is 12.4. The Balaban J connectivity index is 1.39. The van der Waals surface area contributed by atoms with Crippen molar-refractivity contribution in [2.45, 2.75) is 39.7 Å². The van der Waals surface area contributed by atoms with Crippen LogP contribution in [0.1, 0.15) is 35.7 Å². The molecule has 2 aromatic rings. The molecule has 1 fully saturated rings. The van der Waals surface area contributed by atoms with Crippen molar-refractivity contribution in [1.82, 2.24) is 20.5 Å². The summed E-state index contributed by atoms with van der Waals surface area (Å²) >= 11 is 1.75. The van der Waals surface area contributed by atoms with Crippen LogP contribution >= 0.6 is 11.3 Å². The van der Waals surface area contributed by atoms with Crippen LogP contribution in [0.2, 0.25) is 0 Å². The van der Waals surface area contributed by atoms with Crippen LogP contribution in [-0.2, 0) is 24.2 Å². The zero-order valence-corrected chi connectivity index (χ0v) is 19.0. The van der Waals surface area contributed by atoms with Crippen LogP contribution in [0, 0.1) is 11.8 Å². The van der Waals surface area contributed by atoms with Crippen molar-refractivity contribution in [1.29, 1.82) is 0 Å². The number of amides is 1. The number of likely N-dealkylation sites (tertiary alicyclic amines) is 1. The molecule has 1 aliphatic heterocycles. The Morgan fingerprint density at radius 1 is 1.30 bits per heavy atom. The molecule has 1 aromatic heterocycles. The summed E-state index contributed by atoms with van der Waals surface area (Å²) in [6.07, 6.45) is 4.48. The number of carbonyl (C=O) groups is 1. The second-order valence-electron chi connectivity index (χ2n) is 8.27. The first-order chi connectivity index (χ1) is 14.5. The van der Waals surface area contributed by atoms with Gasteiger partial charge in [-0.25, -0.2) is 4.98 Å². The predicted octanol–water partition coefficient (Wildman–Crippen LogP) is 3.10. The third kappa shape index (κ3) is 6.83. The summed E-state index contributed by atoms with van der Waals surface area (Å²) in [5.74, 6) is 1.95.